The van der Waals surface area contributed by atoms with E-state index in [1.165, 1.54) is 0 Å². The van der Waals surface area contributed by atoms with E-state index in [4.69, 9.17) is 9.47 Å². The van der Waals surface area contributed by atoms with E-state index in [0.717, 1.165) is 13.1 Å². The van der Waals surface area contributed by atoms with Gasteiger partial charge in [-0.15, -0.1) is 0 Å². The standard InChI is InChI=1S/C19H29N3O4/c1-4-22(18(24)19(14-25-2)8-10-20-11-9-19)13-17(23)21-15-6-5-7-16(12-15)26-3/h5-7,12,20H,4,8-11,13-14H2,1-3H3,(H,21,23). The van der Waals surface area contributed by atoms with Crippen LogP contribution in [-0.2, 0) is 14.3 Å². The van der Waals surface area contributed by atoms with Crippen molar-refractivity contribution in [2.24, 2.45) is 5.41 Å². The fourth-order valence-corrected chi connectivity index (χ4v) is 3.34. The molecule has 144 valence electrons. The molecule has 2 rings (SSSR count). The Morgan fingerprint density at radius 3 is 2.62 bits per heavy atom. The number of nitrogens with one attached hydrogen (secondary N) is 2. The average Bonchev–Trinajstić information content (AvgIpc) is 2.66. The largest absolute Gasteiger partial charge is 0.497 e. The molecule has 0 aliphatic carbocycles. The van der Waals surface area contributed by atoms with Gasteiger partial charge in [-0.1, -0.05) is 6.07 Å². The summed E-state index contributed by atoms with van der Waals surface area (Å²) in [6, 6.07) is 7.15. The van der Waals surface area contributed by atoms with Crippen LogP contribution in [0.15, 0.2) is 24.3 Å². The zero-order valence-electron chi connectivity index (χ0n) is 15.8. The van der Waals surface area contributed by atoms with Gasteiger partial charge in [-0.3, -0.25) is 9.59 Å². The zero-order chi connectivity index (χ0) is 19.0. The third-order valence-corrected chi connectivity index (χ3v) is 4.79. The lowest BCUT2D eigenvalue weighted by atomic mass is 9.78. The van der Waals surface area contributed by atoms with Crippen molar-refractivity contribution < 1.29 is 19.1 Å². The fraction of sp³-hybridized carbons (Fsp3) is 0.579. The number of ether oxygens (including phenoxy) is 2. The monoisotopic (exact) mass is 363 g/mol. The van der Waals surface area contributed by atoms with Gasteiger partial charge >= 0.3 is 0 Å². The predicted octanol–water partition coefficient (Wildman–Crippen LogP) is 1.50. The van der Waals surface area contributed by atoms with Crippen LogP contribution in [0.4, 0.5) is 5.69 Å². The lowest BCUT2D eigenvalue weighted by Gasteiger charge is -2.39. The molecule has 7 nitrogen and oxygen atoms in total. The molecule has 1 fully saturated rings. The maximum Gasteiger partial charge on any atom is 0.243 e. The van der Waals surface area contributed by atoms with E-state index in [-0.39, 0.29) is 18.4 Å². The van der Waals surface area contributed by atoms with Gasteiger partial charge in [0.2, 0.25) is 11.8 Å². The van der Waals surface area contributed by atoms with E-state index in [0.29, 0.717) is 37.4 Å². The fourth-order valence-electron chi connectivity index (χ4n) is 3.34. The molecule has 0 atom stereocenters. The molecule has 2 amide bonds. The smallest absolute Gasteiger partial charge is 0.243 e. The van der Waals surface area contributed by atoms with Crippen LogP contribution in [0.5, 0.6) is 5.75 Å². The van der Waals surface area contributed by atoms with Crippen molar-refractivity contribution in [3.05, 3.63) is 24.3 Å². The van der Waals surface area contributed by atoms with Gasteiger partial charge in [0.15, 0.2) is 0 Å². The first-order chi connectivity index (χ1) is 12.5. The molecule has 1 saturated heterocycles. The van der Waals surface area contributed by atoms with Gasteiger partial charge in [-0.25, -0.2) is 0 Å². The first-order valence-electron chi connectivity index (χ1n) is 8.97. The zero-order valence-corrected chi connectivity index (χ0v) is 15.8. The van der Waals surface area contributed by atoms with Crippen LogP contribution in [0.2, 0.25) is 0 Å². The number of amides is 2. The molecular weight excluding hydrogens is 334 g/mol. The van der Waals surface area contributed by atoms with Gasteiger partial charge in [0.05, 0.1) is 25.7 Å². The topological polar surface area (TPSA) is 79.9 Å². The number of hydrogen-bond donors (Lipinski definition) is 2. The molecule has 1 aliphatic rings. The summed E-state index contributed by atoms with van der Waals surface area (Å²) in [6.45, 7) is 4.32. The molecule has 26 heavy (non-hydrogen) atoms. The normalized spacial score (nSPS) is 16.0. The van der Waals surface area contributed by atoms with Crippen LogP contribution < -0.4 is 15.4 Å². The number of methoxy groups -OCH3 is 2. The second kappa shape index (κ2) is 9.54. The third-order valence-electron chi connectivity index (χ3n) is 4.79. The summed E-state index contributed by atoms with van der Waals surface area (Å²) in [5.41, 5.74) is 0.0954. The first-order valence-corrected chi connectivity index (χ1v) is 8.97. The van der Waals surface area contributed by atoms with Crippen molar-refractivity contribution in [1.29, 1.82) is 0 Å². The number of piperidine rings is 1. The molecule has 0 spiro atoms. The molecule has 7 heteroatoms. The molecule has 0 unspecified atom stereocenters. The number of anilines is 1. The van der Waals surface area contributed by atoms with Gasteiger partial charge in [0.1, 0.15) is 5.75 Å². The Morgan fingerprint density at radius 2 is 2.00 bits per heavy atom. The Hall–Kier alpha value is -2.12. The Kier molecular flexibility index (Phi) is 7.41. The Bertz CT molecular complexity index is 609. The van der Waals surface area contributed by atoms with Gasteiger partial charge < -0.3 is 25.0 Å². The highest BCUT2D eigenvalue weighted by molar-refractivity contribution is 5.95. The number of carbonyl (C=O) groups excluding carboxylic acids is 2. The molecular formula is C19H29N3O4. The van der Waals surface area contributed by atoms with E-state index >= 15 is 0 Å². The molecule has 2 N–H and O–H groups in total. The molecule has 0 aromatic heterocycles. The maximum atomic E-state index is 13.1. The van der Waals surface area contributed by atoms with Crippen molar-refractivity contribution in [2.45, 2.75) is 19.8 Å². The van der Waals surface area contributed by atoms with E-state index < -0.39 is 5.41 Å². The summed E-state index contributed by atoms with van der Waals surface area (Å²) < 4.78 is 10.5. The van der Waals surface area contributed by atoms with E-state index in [1.807, 2.05) is 13.0 Å². The molecule has 0 radical (unpaired) electrons. The summed E-state index contributed by atoms with van der Waals surface area (Å²) in [7, 11) is 3.19. The number of hydrogen-bond acceptors (Lipinski definition) is 5. The van der Waals surface area contributed by atoms with Crippen molar-refractivity contribution >= 4 is 17.5 Å². The van der Waals surface area contributed by atoms with Crippen LogP contribution in [0.3, 0.4) is 0 Å². The highest BCUT2D eigenvalue weighted by Gasteiger charge is 2.42. The second-order valence-corrected chi connectivity index (χ2v) is 6.56. The third kappa shape index (κ3) is 4.95. The second-order valence-electron chi connectivity index (χ2n) is 6.56. The number of nitrogens with zero attached hydrogens (tertiary/aromatic N) is 1. The lowest BCUT2D eigenvalue weighted by Crippen LogP contribution is -2.53. The van der Waals surface area contributed by atoms with E-state index in [2.05, 4.69) is 10.6 Å². The van der Waals surface area contributed by atoms with Crippen molar-refractivity contribution in [3.63, 3.8) is 0 Å². The van der Waals surface area contributed by atoms with Crippen LogP contribution in [0.1, 0.15) is 19.8 Å². The average molecular weight is 363 g/mol. The molecule has 1 aromatic carbocycles. The van der Waals surface area contributed by atoms with Gasteiger partial charge in [0.25, 0.3) is 0 Å². The van der Waals surface area contributed by atoms with Gasteiger partial charge in [0, 0.05) is 25.4 Å². The number of carbonyl (C=O) groups is 2. The minimum absolute atomic E-state index is 0.0101. The molecule has 0 saturated carbocycles. The molecule has 0 bridgehead atoms. The van der Waals surface area contributed by atoms with Gasteiger partial charge in [-0.2, -0.15) is 0 Å². The Labute approximate surface area is 155 Å². The van der Waals surface area contributed by atoms with E-state index in [1.54, 1.807) is 37.3 Å². The minimum atomic E-state index is -0.549. The highest BCUT2D eigenvalue weighted by atomic mass is 16.5. The summed E-state index contributed by atoms with van der Waals surface area (Å²) in [4.78, 5) is 27.2. The molecule has 1 aromatic rings. The number of rotatable bonds is 8. The Morgan fingerprint density at radius 1 is 1.27 bits per heavy atom. The van der Waals surface area contributed by atoms with Crippen LogP contribution in [0.25, 0.3) is 0 Å². The van der Waals surface area contributed by atoms with Crippen molar-refractivity contribution in [1.82, 2.24) is 10.2 Å². The number of likely N-dealkylation sites (N-methyl/N-ethyl adjacent to an activating group) is 1. The maximum absolute atomic E-state index is 13.1. The van der Waals surface area contributed by atoms with Crippen LogP contribution in [-0.4, -0.2) is 63.7 Å². The predicted molar refractivity (Wildman–Crippen MR) is 100 cm³/mol. The van der Waals surface area contributed by atoms with Crippen molar-refractivity contribution in [2.75, 3.05) is 52.3 Å². The quantitative estimate of drug-likeness (QED) is 0.732. The van der Waals surface area contributed by atoms with Crippen LogP contribution in [0, 0.1) is 5.41 Å². The first kappa shape index (κ1) is 20.2. The number of benzene rings is 1. The highest BCUT2D eigenvalue weighted by Crippen LogP contribution is 2.31. The molecule has 1 aliphatic heterocycles. The minimum Gasteiger partial charge on any atom is -0.497 e. The van der Waals surface area contributed by atoms with Gasteiger partial charge in [-0.05, 0) is 45.0 Å². The Balaban J connectivity index is 2.04. The summed E-state index contributed by atoms with van der Waals surface area (Å²) in [5.74, 6) is 0.430. The lowest BCUT2D eigenvalue weighted by molar-refractivity contribution is -0.149. The summed E-state index contributed by atoms with van der Waals surface area (Å²) in [5, 5.41) is 6.10. The SMILES string of the molecule is CCN(CC(=O)Nc1cccc(OC)c1)C(=O)C1(COC)CCNCC1. The summed E-state index contributed by atoms with van der Waals surface area (Å²) in [6.07, 6.45) is 1.43. The van der Waals surface area contributed by atoms with Crippen molar-refractivity contribution in [3.8, 4) is 5.75 Å². The molecule has 1 heterocycles. The summed E-state index contributed by atoms with van der Waals surface area (Å²) >= 11 is 0. The van der Waals surface area contributed by atoms with E-state index in [9.17, 15) is 9.59 Å². The van der Waals surface area contributed by atoms with Crippen LogP contribution >= 0.6 is 0 Å².